The highest BCUT2D eigenvalue weighted by atomic mass is 32.2. The molecular formula is C40H54F2O11S. The lowest BCUT2D eigenvalue weighted by atomic mass is 9.63. The van der Waals surface area contributed by atoms with Gasteiger partial charge in [0.05, 0.1) is 35.4 Å². The minimum absolute atomic E-state index is 0.0421. The number of carbonyl (C=O) groups is 3. The van der Waals surface area contributed by atoms with Crippen LogP contribution in [0.5, 0.6) is 0 Å². The van der Waals surface area contributed by atoms with E-state index in [2.05, 4.69) is 26.0 Å². The first-order valence-corrected chi connectivity index (χ1v) is 21.1. The Morgan fingerprint density at radius 1 is 0.833 bits per heavy atom. The summed E-state index contributed by atoms with van der Waals surface area (Å²) in [7, 11) is -5.77. The summed E-state index contributed by atoms with van der Waals surface area (Å²) in [6.07, 6.45) is 15.4. The van der Waals surface area contributed by atoms with Crippen molar-refractivity contribution >= 4 is 28.0 Å². The van der Waals surface area contributed by atoms with Gasteiger partial charge < -0.3 is 23.7 Å². The van der Waals surface area contributed by atoms with Crippen LogP contribution in [0, 0.1) is 45.8 Å². The Hall–Kier alpha value is -2.68. The van der Waals surface area contributed by atoms with Gasteiger partial charge in [0.25, 0.3) is 0 Å². The summed E-state index contributed by atoms with van der Waals surface area (Å²) < 4.78 is 88.8. The second-order valence-corrected chi connectivity index (χ2v) is 19.5. The summed E-state index contributed by atoms with van der Waals surface area (Å²) in [4.78, 5) is 40.8. The molecule has 6 bridgehead atoms. The van der Waals surface area contributed by atoms with Crippen molar-refractivity contribution in [2.75, 3.05) is 33.0 Å². The molecule has 1 N–H and O–H groups in total. The smallest absolute Gasteiger partial charge is 0.402 e. The van der Waals surface area contributed by atoms with Crippen molar-refractivity contribution in [1.29, 1.82) is 0 Å². The van der Waals surface area contributed by atoms with E-state index in [1.54, 1.807) is 0 Å². The summed E-state index contributed by atoms with van der Waals surface area (Å²) >= 11 is 0. The van der Waals surface area contributed by atoms with Crippen molar-refractivity contribution < 1.29 is 59.8 Å². The highest BCUT2D eigenvalue weighted by Crippen LogP contribution is 2.52. The fraction of sp³-hybridized carbons (Fsp3) is 0.775. The molecule has 6 aliphatic carbocycles. The fourth-order valence-electron chi connectivity index (χ4n) is 10.7. The van der Waals surface area contributed by atoms with Crippen LogP contribution < -0.4 is 0 Å². The number of allylic oxidation sites excluding steroid dienone is 5. The van der Waals surface area contributed by atoms with E-state index < -0.39 is 56.4 Å². The van der Waals surface area contributed by atoms with E-state index >= 15 is 0 Å². The van der Waals surface area contributed by atoms with Gasteiger partial charge in [-0.1, -0.05) is 48.8 Å². The van der Waals surface area contributed by atoms with Crippen LogP contribution in [-0.2, 0) is 48.2 Å². The van der Waals surface area contributed by atoms with Crippen LogP contribution in [0.1, 0.15) is 104 Å². The van der Waals surface area contributed by atoms with E-state index in [4.69, 9.17) is 28.2 Å². The van der Waals surface area contributed by atoms with E-state index in [9.17, 15) is 31.6 Å². The van der Waals surface area contributed by atoms with Gasteiger partial charge in [-0.2, -0.15) is 17.2 Å². The average molecular weight is 781 g/mol. The van der Waals surface area contributed by atoms with Gasteiger partial charge in [0, 0.05) is 5.92 Å². The summed E-state index contributed by atoms with van der Waals surface area (Å²) in [5.74, 6) is -0.946. The van der Waals surface area contributed by atoms with Crippen LogP contribution in [-0.4, -0.2) is 75.5 Å². The number of fused-ring (bicyclic) bond motifs is 6. The van der Waals surface area contributed by atoms with Crippen molar-refractivity contribution in [2.45, 2.75) is 115 Å². The number of esters is 3. The third-order valence-electron chi connectivity index (χ3n) is 13.1. The second kappa shape index (κ2) is 15.0. The van der Waals surface area contributed by atoms with Gasteiger partial charge in [-0.05, 0) is 108 Å². The molecule has 4 fully saturated rings. The summed E-state index contributed by atoms with van der Waals surface area (Å²) in [5.41, 5.74) is 0.777. The van der Waals surface area contributed by atoms with Crippen LogP contribution in [0.15, 0.2) is 34.9 Å². The fourth-order valence-corrected chi connectivity index (χ4v) is 10.9. The minimum Gasteiger partial charge on any atom is -0.465 e. The molecule has 11 nitrogen and oxygen atoms in total. The molecule has 300 valence electrons. The molecular weight excluding hydrogens is 726 g/mol. The lowest BCUT2D eigenvalue weighted by molar-refractivity contribution is -0.264. The molecule has 0 amide bonds. The van der Waals surface area contributed by atoms with Crippen molar-refractivity contribution in [3.8, 4) is 0 Å². The predicted molar refractivity (Wildman–Crippen MR) is 190 cm³/mol. The molecule has 0 aromatic rings. The normalized spacial score (nSPS) is 37.9. The van der Waals surface area contributed by atoms with Gasteiger partial charge in [0.15, 0.2) is 12.9 Å². The molecule has 3 saturated carbocycles. The predicted octanol–water partition coefficient (Wildman–Crippen LogP) is 6.87. The van der Waals surface area contributed by atoms with Crippen molar-refractivity contribution in [1.82, 2.24) is 0 Å². The van der Waals surface area contributed by atoms with Crippen LogP contribution >= 0.6 is 0 Å². The first-order valence-electron chi connectivity index (χ1n) is 19.7. The lowest BCUT2D eigenvalue weighted by Crippen LogP contribution is -2.52. The first-order chi connectivity index (χ1) is 25.5. The van der Waals surface area contributed by atoms with Crippen LogP contribution in [0.25, 0.3) is 0 Å². The van der Waals surface area contributed by atoms with Gasteiger partial charge in [-0.25, -0.2) is 0 Å². The Bertz CT molecular complexity index is 1700. The Kier molecular flexibility index (Phi) is 11.0. The van der Waals surface area contributed by atoms with E-state index in [1.807, 2.05) is 6.08 Å². The van der Waals surface area contributed by atoms with Gasteiger partial charge in [0.2, 0.25) is 0 Å². The monoisotopic (exact) mass is 780 g/mol. The van der Waals surface area contributed by atoms with E-state index in [0.29, 0.717) is 43.9 Å². The topological polar surface area (TPSA) is 152 Å². The Morgan fingerprint density at radius 2 is 1.44 bits per heavy atom. The number of ether oxygens (including phenoxy) is 5. The van der Waals surface area contributed by atoms with Crippen LogP contribution in [0.3, 0.4) is 0 Å². The molecule has 7 atom stereocenters. The highest BCUT2D eigenvalue weighted by Gasteiger charge is 2.53. The zero-order chi connectivity index (χ0) is 38.5. The summed E-state index contributed by atoms with van der Waals surface area (Å²) in [6.45, 7) is 2.49. The largest absolute Gasteiger partial charge is 0.465 e. The molecule has 7 rings (SSSR count). The molecule has 0 radical (unpaired) electrons. The number of rotatable bonds is 11. The zero-order valence-electron chi connectivity index (χ0n) is 31.3. The molecule has 1 heterocycles. The molecule has 0 spiro atoms. The SMILES string of the molecule is CC1C=C2CC(C1)CC(C(=O)OCC1(COC(=O)C34CCCC(=CC(C)C3)C4)COC(C3C=C4CCCC(C(=O)OCC(F)(F)S(=O)(=O)O)(C4)C3)OC1)C2. The number of alkyl halides is 2. The number of carbonyl (C=O) groups excluding carboxylic acids is 3. The van der Waals surface area contributed by atoms with E-state index in [-0.39, 0.29) is 63.0 Å². The standard InChI is InChI=1S/C40H54F2O11S/c1-25-9-29-12-30(10-25)15-31(14-29)33(43)49-20-37(23-52-35(44)38-7-3-5-27(17-38)11-26(2)16-38)21-50-34(51-22-37)32-13-28-6-4-8-39(18-28,19-32)36(45)53-24-40(41,42)54(46,47)48/h9,11,13,25-26,30-32,34H,3-8,10,12,14-24H2,1-2H3,(H,46,47,48). The van der Waals surface area contributed by atoms with Crippen LogP contribution in [0.4, 0.5) is 8.78 Å². The third kappa shape index (κ3) is 8.23. The van der Waals surface area contributed by atoms with E-state index in [0.717, 1.165) is 50.5 Å². The summed E-state index contributed by atoms with van der Waals surface area (Å²) in [6, 6.07) is 0. The molecule has 1 aliphatic heterocycles. The van der Waals surface area contributed by atoms with E-state index in [1.165, 1.54) is 11.1 Å². The maximum Gasteiger partial charge on any atom is 0.402 e. The molecule has 1 saturated heterocycles. The Balaban J connectivity index is 1.03. The molecule has 54 heavy (non-hydrogen) atoms. The first kappa shape index (κ1) is 39.6. The number of hydrogen-bond donors (Lipinski definition) is 1. The maximum absolute atomic E-state index is 14.0. The minimum atomic E-state index is -5.77. The molecule has 14 heteroatoms. The van der Waals surface area contributed by atoms with Crippen molar-refractivity contribution in [3.05, 3.63) is 34.9 Å². The van der Waals surface area contributed by atoms with Gasteiger partial charge in [-0.3, -0.25) is 18.9 Å². The molecule has 7 unspecified atom stereocenters. The highest BCUT2D eigenvalue weighted by molar-refractivity contribution is 7.86. The zero-order valence-corrected chi connectivity index (χ0v) is 32.1. The Labute approximate surface area is 316 Å². The van der Waals surface area contributed by atoms with Gasteiger partial charge in [0.1, 0.15) is 13.2 Å². The van der Waals surface area contributed by atoms with Crippen molar-refractivity contribution in [3.63, 3.8) is 0 Å². The molecule has 0 aromatic heterocycles. The second-order valence-electron chi connectivity index (χ2n) is 17.9. The van der Waals surface area contributed by atoms with Crippen molar-refractivity contribution in [2.24, 2.45) is 45.8 Å². The maximum atomic E-state index is 14.0. The quantitative estimate of drug-likeness (QED) is 0.101. The average Bonchev–Trinajstić information content (AvgIpc) is 3.10. The van der Waals surface area contributed by atoms with Crippen LogP contribution in [0.2, 0.25) is 0 Å². The number of halogens is 2. The Morgan fingerprint density at radius 3 is 2.11 bits per heavy atom. The third-order valence-corrected chi connectivity index (χ3v) is 14.0. The van der Waals surface area contributed by atoms with Gasteiger partial charge in [-0.15, -0.1) is 0 Å². The number of hydrogen-bond acceptors (Lipinski definition) is 10. The summed E-state index contributed by atoms with van der Waals surface area (Å²) in [5, 5.41) is -4.64. The molecule has 0 aromatic carbocycles. The molecule has 7 aliphatic rings. The lowest BCUT2D eigenvalue weighted by Gasteiger charge is -2.46. The van der Waals surface area contributed by atoms with Gasteiger partial charge >= 0.3 is 33.3 Å².